The number of H-pyrrole nitrogens is 1. The van der Waals surface area contributed by atoms with Crippen LogP contribution in [0.15, 0.2) is 24.4 Å². The van der Waals surface area contributed by atoms with Crippen molar-refractivity contribution in [1.29, 1.82) is 0 Å². The van der Waals surface area contributed by atoms with E-state index in [0.29, 0.717) is 36.3 Å². The molecule has 6 rings (SSSR count). The van der Waals surface area contributed by atoms with Crippen LogP contribution in [-0.2, 0) is 11.3 Å². The lowest BCUT2D eigenvalue weighted by molar-refractivity contribution is 0.122. The number of halogens is 1. The van der Waals surface area contributed by atoms with Crippen LogP contribution in [0.2, 0.25) is 0 Å². The van der Waals surface area contributed by atoms with E-state index in [4.69, 9.17) is 19.7 Å². The maximum Gasteiger partial charge on any atom is 0.176 e. The van der Waals surface area contributed by atoms with Gasteiger partial charge in [0, 0.05) is 49.3 Å². The molecule has 2 saturated heterocycles. The Morgan fingerprint density at radius 1 is 1.09 bits per heavy atom. The van der Waals surface area contributed by atoms with Gasteiger partial charge in [-0.2, -0.15) is 0 Å². The number of aromatic amines is 1. The quantitative estimate of drug-likeness (QED) is 0.452. The minimum absolute atomic E-state index is 0.330. The van der Waals surface area contributed by atoms with E-state index in [1.165, 1.54) is 18.9 Å². The van der Waals surface area contributed by atoms with Crippen molar-refractivity contribution in [3.05, 3.63) is 35.2 Å². The smallest absolute Gasteiger partial charge is 0.176 e. The minimum atomic E-state index is -0.330. The molecule has 4 aromatic rings. The Bertz CT molecular complexity index is 1340. The number of aromatic nitrogens is 4. The summed E-state index contributed by atoms with van der Waals surface area (Å²) >= 11 is 1.66. The van der Waals surface area contributed by atoms with E-state index in [9.17, 15) is 0 Å². The Balaban J connectivity index is 1.39. The summed E-state index contributed by atoms with van der Waals surface area (Å²) in [7, 11) is 4.32. The van der Waals surface area contributed by atoms with E-state index in [1.54, 1.807) is 17.4 Å². The summed E-state index contributed by atoms with van der Waals surface area (Å²) in [5.41, 5.74) is 1.92. The number of rotatable bonds is 5. The van der Waals surface area contributed by atoms with Crippen LogP contribution in [0.3, 0.4) is 0 Å². The molecule has 35 heavy (non-hydrogen) atoms. The lowest BCUT2D eigenvalue weighted by atomic mass is 10.0. The van der Waals surface area contributed by atoms with Crippen LogP contribution in [0.1, 0.15) is 17.8 Å². The number of hydrogen-bond acceptors (Lipinski definition) is 8. The number of nitrogens with one attached hydrogen (secondary N) is 1. The summed E-state index contributed by atoms with van der Waals surface area (Å²) in [5.74, 6) is 0.879. The zero-order chi connectivity index (χ0) is 23.9. The standard InChI is InChI=1S/C25H30FN7OS/c1-31(2)16-6-9-32(10-7-16)15-20-28-24-22(35-20)25(33-11-13-34-14-12-33)30-23(29-24)21-17-5-8-27-19(17)4-3-18(21)26/h3-5,8,16,27H,6-7,9-15H2,1-2H3. The molecule has 0 amide bonds. The van der Waals surface area contributed by atoms with E-state index in [0.717, 1.165) is 59.2 Å². The zero-order valence-corrected chi connectivity index (χ0v) is 20.9. The molecule has 0 bridgehead atoms. The monoisotopic (exact) mass is 495 g/mol. The molecule has 0 radical (unpaired) electrons. The highest BCUT2D eigenvalue weighted by molar-refractivity contribution is 7.19. The van der Waals surface area contributed by atoms with Crippen molar-refractivity contribution in [3.63, 3.8) is 0 Å². The molecule has 8 nitrogen and oxygen atoms in total. The van der Waals surface area contributed by atoms with Gasteiger partial charge in [0.05, 0.1) is 25.3 Å². The second-order valence-corrected chi connectivity index (χ2v) is 10.6. The summed E-state index contributed by atoms with van der Waals surface area (Å²) in [6.45, 7) is 5.71. The third-order valence-electron chi connectivity index (χ3n) is 7.14. The first-order valence-corrected chi connectivity index (χ1v) is 13.0. The molecule has 0 atom stereocenters. The van der Waals surface area contributed by atoms with E-state index >= 15 is 4.39 Å². The van der Waals surface area contributed by atoms with Gasteiger partial charge < -0.3 is 19.5 Å². The Morgan fingerprint density at radius 3 is 2.66 bits per heavy atom. The number of anilines is 1. The fraction of sp³-hybridized carbons (Fsp3) is 0.480. The SMILES string of the molecule is CN(C)C1CCN(Cc2nc3nc(-c4c(F)ccc5[nH]ccc45)nc(N4CCOCC4)c3s2)CC1. The third kappa shape index (κ3) is 4.40. The van der Waals surface area contributed by atoms with Crippen LogP contribution < -0.4 is 4.90 Å². The first-order chi connectivity index (χ1) is 17.1. The molecule has 2 aliphatic rings. The Kier molecular flexibility index (Phi) is 6.13. The highest BCUT2D eigenvalue weighted by Crippen LogP contribution is 2.36. The molecular formula is C25H30FN7OS. The molecule has 2 fully saturated rings. The number of benzene rings is 1. The zero-order valence-electron chi connectivity index (χ0n) is 20.1. The number of likely N-dealkylation sites (tertiary alicyclic amines) is 1. The first kappa shape index (κ1) is 22.8. The van der Waals surface area contributed by atoms with Crippen molar-refractivity contribution in [2.75, 3.05) is 58.4 Å². The molecule has 1 aromatic carbocycles. The number of hydrogen-bond donors (Lipinski definition) is 1. The second kappa shape index (κ2) is 9.42. The van der Waals surface area contributed by atoms with Crippen molar-refractivity contribution >= 4 is 38.4 Å². The van der Waals surface area contributed by atoms with Gasteiger partial charge in [0.2, 0.25) is 0 Å². The number of fused-ring (bicyclic) bond motifs is 2. The van der Waals surface area contributed by atoms with Crippen molar-refractivity contribution in [2.45, 2.75) is 25.4 Å². The number of nitrogens with zero attached hydrogens (tertiary/aromatic N) is 6. The summed E-state index contributed by atoms with van der Waals surface area (Å²) in [4.78, 5) is 24.8. The summed E-state index contributed by atoms with van der Waals surface area (Å²) in [5, 5.41) is 1.81. The molecule has 0 spiro atoms. The molecule has 10 heteroatoms. The van der Waals surface area contributed by atoms with Crippen molar-refractivity contribution in [2.24, 2.45) is 0 Å². The average Bonchev–Trinajstić information content (AvgIpc) is 3.51. The van der Waals surface area contributed by atoms with Crippen molar-refractivity contribution in [3.8, 4) is 11.4 Å². The van der Waals surface area contributed by atoms with Crippen LogP contribution in [0.4, 0.5) is 10.2 Å². The summed E-state index contributed by atoms with van der Waals surface area (Å²) < 4.78 is 21.6. The fourth-order valence-corrected chi connectivity index (χ4v) is 6.20. The largest absolute Gasteiger partial charge is 0.378 e. The maximum absolute atomic E-state index is 15.1. The molecule has 0 unspecified atom stereocenters. The van der Waals surface area contributed by atoms with Gasteiger partial charge in [-0.05, 0) is 45.1 Å². The normalized spacial score (nSPS) is 18.3. The van der Waals surface area contributed by atoms with Crippen molar-refractivity contribution in [1.82, 2.24) is 29.7 Å². The predicted molar refractivity (Wildman–Crippen MR) is 137 cm³/mol. The number of piperidine rings is 1. The third-order valence-corrected chi connectivity index (χ3v) is 8.17. The highest BCUT2D eigenvalue weighted by atomic mass is 32.1. The van der Waals surface area contributed by atoms with E-state index in [1.807, 2.05) is 12.3 Å². The topological polar surface area (TPSA) is 73.4 Å². The number of ether oxygens (including phenoxy) is 1. The minimum Gasteiger partial charge on any atom is -0.378 e. The van der Waals surface area contributed by atoms with Crippen LogP contribution in [0, 0.1) is 5.82 Å². The van der Waals surface area contributed by atoms with Gasteiger partial charge in [-0.15, -0.1) is 11.3 Å². The molecule has 5 heterocycles. The van der Waals surface area contributed by atoms with Gasteiger partial charge in [0.15, 0.2) is 17.3 Å². The Labute approximate surface area is 207 Å². The van der Waals surface area contributed by atoms with Crippen LogP contribution in [-0.4, -0.2) is 89.3 Å². The molecule has 0 aliphatic carbocycles. The van der Waals surface area contributed by atoms with Crippen LogP contribution in [0.5, 0.6) is 0 Å². The van der Waals surface area contributed by atoms with Gasteiger partial charge in [-0.3, -0.25) is 4.90 Å². The molecule has 2 aliphatic heterocycles. The van der Waals surface area contributed by atoms with Gasteiger partial charge in [-0.25, -0.2) is 19.3 Å². The summed E-state index contributed by atoms with van der Waals surface area (Å²) in [6.07, 6.45) is 4.15. The Hall–Kier alpha value is -2.66. The van der Waals surface area contributed by atoms with Gasteiger partial charge in [0.1, 0.15) is 15.5 Å². The second-order valence-electron chi connectivity index (χ2n) is 9.56. The first-order valence-electron chi connectivity index (χ1n) is 12.2. The Morgan fingerprint density at radius 2 is 1.89 bits per heavy atom. The van der Waals surface area contributed by atoms with Gasteiger partial charge >= 0.3 is 0 Å². The fourth-order valence-electron chi connectivity index (χ4n) is 5.14. The van der Waals surface area contributed by atoms with E-state index in [-0.39, 0.29) is 5.82 Å². The number of thiazole rings is 1. The summed E-state index contributed by atoms with van der Waals surface area (Å²) in [6, 6.07) is 5.74. The van der Waals surface area contributed by atoms with Crippen LogP contribution >= 0.6 is 11.3 Å². The molecule has 3 aromatic heterocycles. The van der Waals surface area contributed by atoms with E-state index in [2.05, 4.69) is 33.8 Å². The van der Waals surface area contributed by atoms with Crippen LogP contribution in [0.25, 0.3) is 32.6 Å². The van der Waals surface area contributed by atoms with E-state index < -0.39 is 0 Å². The molecule has 184 valence electrons. The lowest BCUT2D eigenvalue weighted by Crippen LogP contribution is -2.41. The highest BCUT2D eigenvalue weighted by Gasteiger charge is 2.25. The molecular weight excluding hydrogens is 465 g/mol. The lowest BCUT2D eigenvalue weighted by Gasteiger charge is -2.34. The van der Waals surface area contributed by atoms with Gasteiger partial charge in [-0.1, -0.05) is 0 Å². The predicted octanol–water partition coefficient (Wildman–Crippen LogP) is 3.74. The molecule has 1 N–H and O–H groups in total. The number of morpholine rings is 1. The van der Waals surface area contributed by atoms with Crippen molar-refractivity contribution < 1.29 is 9.13 Å². The maximum atomic E-state index is 15.1. The molecule has 0 saturated carbocycles. The van der Waals surface area contributed by atoms with Gasteiger partial charge in [0.25, 0.3) is 0 Å². The average molecular weight is 496 g/mol.